The van der Waals surface area contributed by atoms with Crippen molar-refractivity contribution in [2.24, 2.45) is 0 Å². The second-order valence-corrected chi connectivity index (χ2v) is 5.92. The van der Waals surface area contributed by atoms with Gasteiger partial charge in [-0.2, -0.15) is 23.5 Å². The van der Waals surface area contributed by atoms with Gasteiger partial charge < -0.3 is 9.26 Å². The average Bonchev–Trinajstić information content (AvgIpc) is 3.32. The fraction of sp³-hybridized carbons (Fsp3) is 0.353. The molecule has 0 bridgehead atoms. The number of benzene rings is 1. The fourth-order valence-corrected chi connectivity index (χ4v) is 3.28. The predicted octanol–water partition coefficient (Wildman–Crippen LogP) is 3.42. The largest absolute Gasteiger partial charge is 0.381 e. The third kappa shape index (κ3) is 2.72. The normalized spacial score (nSPS) is 17.1. The standard InChI is InChI=1S/C17H16F2N4O2/c18-16(19)23-13(6-9-20-23)14-21-15(22-25-14)17(7-10-24-11-8-17)12-4-2-1-3-5-12/h1-6,9,16H,7-8,10-11H2. The van der Waals surface area contributed by atoms with Crippen LogP contribution in [0.2, 0.25) is 0 Å². The fourth-order valence-electron chi connectivity index (χ4n) is 3.28. The predicted molar refractivity (Wildman–Crippen MR) is 84.0 cm³/mol. The highest BCUT2D eigenvalue weighted by molar-refractivity contribution is 5.47. The molecule has 1 aliphatic rings. The summed E-state index contributed by atoms with van der Waals surface area (Å²) in [6.07, 6.45) is 2.68. The lowest BCUT2D eigenvalue weighted by Gasteiger charge is -2.34. The Morgan fingerprint density at radius 1 is 1.08 bits per heavy atom. The summed E-state index contributed by atoms with van der Waals surface area (Å²) < 4.78 is 37.5. The van der Waals surface area contributed by atoms with Crippen LogP contribution in [0.5, 0.6) is 0 Å². The van der Waals surface area contributed by atoms with E-state index in [1.165, 1.54) is 12.3 Å². The van der Waals surface area contributed by atoms with E-state index in [-0.39, 0.29) is 11.6 Å². The Morgan fingerprint density at radius 2 is 1.84 bits per heavy atom. The molecule has 3 aromatic rings. The molecule has 0 spiro atoms. The van der Waals surface area contributed by atoms with Crippen LogP contribution in [0.15, 0.2) is 47.1 Å². The van der Waals surface area contributed by atoms with Crippen LogP contribution in [-0.2, 0) is 10.2 Å². The van der Waals surface area contributed by atoms with Crippen LogP contribution in [0.3, 0.4) is 0 Å². The van der Waals surface area contributed by atoms with Gasteiger partial charge in [-0.15, -0.1) is 0 Å². The van der Waals surface area contributed by atoms with E-state index in [2.05, 4.69) is 15.2 Å². The molecule has 6 nitrogen and oxygen atoms in total. The topological polar surface area (TPSA) is 66.0 Å². The molecule has 0 aliphatic carbocycles. The summed E-state index contributed by atoms with van der Waals surface area (Å²) in [5, 5.41) is 7.73. The summed E-state index contributed by atoms with van der Waals surface area (Å²) in [4.78, 5) is 4.44. The lowest BCUT2D eigenvalue weighted by atomic mass is 9.73. The van der Waals surface area contributed by atoms with Crippen molar-refractivity contribution in [2.45, 2.75) is 24.8 Å². The third-order valence-corrected chi connectivity index (χ3v) is 4.60. The first-order chi connectivity index (χ1) is 12.2. The molecular formula is C17H16F2N4O2. The van der Waals surface area contributed by atoms with Crippen molar-refractivity contribution in [3.8, 4) is 11.6 Å². The van der Waals surface area contributed by atoms with Crippen molar-refractivity contribution < 1.29 is 18.0 Å². The first-order valence-corrected chi connectivity index (χ1v) is 8.00. The van der Waals surface area contributed by atoms with Gasteiger partial charge in [-0.05, 0) is 24.5 Å². The zero-order valence-electron chi connectivity index (χ0n) is 13.3. The van der Waals surface area contributed by atoms with Gasteiger partial charge in [-0.1, -0.05) is 35.5 Å². The van der Waals surface area contributed by atoms with E-state index >= 15 is 0 Å². The highest BCUT2D eigenvalue weighted by atomic mass is 19.3. The van der Waals surface area contributed by atoms with Gasteiger partial charge in [0.05, 0.1) is 5.41 Å². The minimum atomic E-state index is -2.77. The Morgan fingerprint density at radius 3 is 2.56 bits per heavy atom. The molecular weight excluding hydrogens is 330 g/mol. The maximum Gasteiger partial charge on any atom is 0.333 e. The molecule has 0 radical (unpaired) electrons. The van der Waals surface area contributed by atoms with Gasteiger partial charge in [-0.3, -0.25) is 0 Å². The molecule has 0 amide bonds. The SMILES string of the molecule is FC(F)n1nccc1-c1nc(C2(c3ccccc3)CCOCC2)no1. The molecule has 3 heterocycles. The minimum Gasteiger partial charge on any atom is -0.381 e. The molecule has 0 unspecified atom stereocenters. The molecule has 1 saturated heterocycles. The molecule has 0 N–H and O–H groups in total. The molecule has 0 atom stereocenters. The van der Waals surface area contributed by atoms with Gasteiger partial charge in [0.2, 0.25) is 0 Å². The minimum absolute atomic E-state index is 0.0367. The number of alkyl halides is 2. The lowest BCUT2D eigenvalue weighted by Crippen LogP contribution is -2.36. The Bertz CT molecular complexity index is 841. The van der Waals surface area contributed by atoms with Crippen molar-refractivity contribution in [1.82, 2.24) is 19.9 Å². The zero-order valence-corrected chi connectivity index (χ0v) is 13.3. The number of halogens is 2. The first-order valence-electron chi connectivity index (χ1n) is 8.00. The Hall–Kier alpha value is -2.61. The Kier molecular flexibility index (Phi) is 4.04. The number of nitrogens with zero attached hydrogens (tertiary/aromatic N) is 4. The van der Waals surface area contributed by atoms with E-state index in [4.69, 9.17) is 9.26 Å². The van der Waals surface area contributed by atoms with Gasteiger partial charge >= 0.3 is 6.55 Å². The molecule has 1 aromatic carbocycles. The van der Waals surface area contributed by atoms with E-state index in [1.54, 1.807) is 0 Å². The summed E-state index contributed by atoms with van der Waals surface area (Å²) >= 11 is 0. The van der Waals surface area contributed by atoms with Gasteiger partial charge in [0.1, 0.15) is 5.69 Å². The van der Waals surface area contributed by atoms with Gasteiger partial charge in [0.25, 0.3) is 5.89 Å². The van der Waals surface area contributed by atoms with Crippen molar-refractivity contribution in [2.75, 3.05) is 13.2 Å². The van der Waals surface area contributed by atoms with Crippen LogP contribution in [0.25, 0.3) is 11.6 Å². The van der Waals surface area contributed by atoms with Crippen molar-refractivity contribution in [3.05, 3.63) is 54.0 Å². The van der Waals surface area contributed by atoms with Crippen LogP contribution >= 0.6 is 0 Å². The lowest BCUT2D eigenvalue weighted by molar-refractivity contribution is 0.0578. The van der Waals surface area contributed by atoms with Crippen molar-refractivity contribution in [1.29, 1.82) is 0 Å². The Balaban J connectivity index is 1.77. The van der Waals surface area contributed by atoms with E-state index in [0.29, 0.717) is 36.6 Å². The summed E-state index contributed by atoms with van der Waals surface area (Å²) in [7, 11) is 0. The molecule has 1 aliphatic heterocycles. The molecule has 130 valence electrons. The summed E-state index contributed by atoms with van der Waals surface area (Å²) in [5.74, 6) is 0.522. The number of rotatable bonds is 4. The number of ether oxygens (including phenoxy) is 1. The second kappa shape index (κ2) is 6.36. The molecule has 2 aromatic heterocycles. The highest BCUT2D eigenvalue weighted by Gasteiger charge is 2.41. The average molecular weight is 346 g/mol. The van der Waals surface area contributed by atoms with Crippen LogP contribution in [-0.4, -0.2) is 33.1 Å². The van der Waals surface area contributed by atoms with Crippen LogP contribution in [0, 0.1) is 0 Å². The van der Waals surface area contributed by atoms with Gasteiger partial charge in [0.15, 0.2) is 5.82 Å². The Labute approximate surface area is 142 Å². The second-order valence-electron chi connectivity index (χ2n) is 5.92. The number of hydrogen-bond acceptors (Lipinski definition) is 5. The zero-order chi connectivity index (χ0) is 17.3. The molecule has 25 heavy (non-hydrogen) atoms. The van der Waals surface area contributed by atoms with E-state index in [9.17, 15) is 8.78 Å². The highest BCUT2D eigenvalue weighted by Crippen LogP contribution is 2.40. The molecule has 1 fully saturated rings. The molecule has 4 rings (SSSR count). The molecule has 0 saturated carbocycles. The maximum atomic E-state index is 13.0. The maximum absolute atomic E-state index is 13.0. The molecule has 8 heteroatoms. The summed E-state index contributed by atoms with van der Waals surface area (Å²) in [6.45, 7) is -1.62. The van der Waals surface area contributed by atoms with Crippen LogP contribution < -0.4 is 0 Å². The third-order valence-electron chi connectivity index (χ3n) is 4.60. The monoisotopic (exact) mass is 346 g/mol. The van der Waals surface area contributed by atoms with Gasteiger partial charge in [-0.25, -0.2) is 0 Å². The smallest absolute Gasteiger partial charge is 0.333 e. The number of hydrogen-bond donors (Lipinski definition) is 0. The van der Waals surface area contributed by atoms with E-state index in [0.717, 1.165) is 5.56 Å². The summed E-state index contributed by atoms with van der Waals surface area (Å²) in [5.41, 5.74) is 0.716. The first kappa shape index (κ1) is 15.9. The van der Waals surface area contributed by atoms with E-state index in [1.807, 2.05) is 30.3 Å². The van der Waals surface area contributed by atoms with Crippen LogP contribution in [0.4, 0.5) is 8.78 Å². The van der Waals surface area contributed by atoms with Crippen molar-refractivity contribution in [3.63, 3.8) is 0 Å². The number of aromatic nitrogens is 4. The quantitative estimate of drug-likeness (QED) is 0.724. The van der Waals surface area contributed by atoms with Crippen molar-refractivity contribution >= 4 is 0 Å². The van der Waals surface area contributed by atoms with Crippen LogP contribution in [0.1, 0.15) is 30.8 Å². The van der Waals surface area contributed by atoms with E-state index < -0.39 is 12.0 Å². The van der Waals surface area contributed by atoms with Gasteiger partial charge in [0, 0.05) is 19.4 Å². The summed E-state index contributed by atoms with van der Waals surface area (Å²) in [6, 6.07) is 11.3.